The predicted octanol–water partition coefficient (Wildman–Crippen LogP) is 6.53. The van der Waals surface area contributed by atoms with E-state index in [1.54, 1.807) is 31.2 Å². The molecule has 3 rings (SSSR count). The maximum Gasteiger partial charge on any atom is 0.416 e. The summed E-state index contributed by atoms with van der Waals surface area (Å²) >= 11 is 0. The highest BCUT2D eigenvalue weighted by Gasteiger charge is 2.41. The molecule has 1 amide bonds. The first-order valence-corrected chi connectivity index (χ1v) is 12.5. The first-order chi connectivity index (χ1) is 18.9. The van der Waals surface area contributed by atoms with E-state index in [2.05, 4.69) is 15.3 Å². The van der Waals surface area contributed by atoms with Crippen LogP contribution in [0.1, 0.15) is 36.1 Å². The van der Waals surface area contributed by atoms with Crippen molar-refractivity contribution in [2.45, 2.75) is 38.5 Å². The van der Waals surface area contributed by atoms with Crippen molar-refractivity contribution in [1.82, 2.24) is 14.9 Å². The summed E-state index contributed by atoms with van der Waals surface area (Å²) < 4.78 is 87.1. The lowest BCUT2D eigenvalue weighted by Gasteiger charge is -2.31. The third kappa shape index (κ3) is 7.66. The molecular weight excluding hydrogens is 552 g/mol. The Hall–Kier alpha value is -3.87. The maximum absolute atomic E-state index is 13.7. The minimum Gasteiger partial charge on any atom is -0.437 e. The number of para-hydroxylation sites is 1. The van der Waals surface area contributed by atoms with Crippen LogP contribution in [0.25, 0.3) is 0 Å². The molecule has 0 bridgehead atoms. The first-order valence-electron chi connectivity index (χ1n) is 12.5. The smallest absolute Gasteiger partial charge is 0.416 e. The maximum atomic E-state index is 13.7. The van der Waals surface area contributed by atoms with Gasteiger partial charge in [-0.2, -0.15) is 31.3 Å². The van der Waals surface area contributed by atoms with Crippen molar-refractivity contribution in [3.05, 3.63) is 70.9 Å². The van der Waals surface area contributed by atoms with Gasteiger partial charge in [-0.3, -0.25) is 4.79 Å². The molecule has 13 heteroatoms. The van der Waals surface area contributed by atoms with E-state index in [4.69, 9.17) is 4.74 Å². The Morgan fingerprint density at radius 1 is 0.927 bits per heavy atom. The molecule has 7 nitrogen and oxygen atoms in total. The van der Waals surface area contributed by atoms with Gasteiger partial charge in [0.15, 0.2) is 0 Å². The molecule has 0 saturated heterocycles. The molecule has 0 atom stereocenters. The number of halogens is 6. The summed E-state index contributed by atoms with van der Waals surface area (Å²) in [6.07, 6.45) is -8.81. The fourth-order valence-electron chi connectivity index (χ4n) is 3.88. The Morgan fingerprint density at radius 2 is 1.49 bits per heavy atom. The number of hydrogen-bond donors (Lipinski definition) is 1. The summed E-state index contributed by atoms with van der Waals surface area (Å²) in [5, 5.41) is 3.05. The molecule has 222 valence electrons. The molecule has 1 heterocycles. The van der Waals surface area contributed by atoms with E-state index >= 15 is 0 Å². The molecule has 0 unspecified atom stereocenters. The summed E-state index contributed by atoms with van der Waals surface area (Å²) in [5.41, 5.74) is -4.47. The Morgan fingerprint density at radius 3 is 2.02 bits per heavy atom. The number of aryl methyl sites for hydroxylation is 1. The van der Waals surface area contributed by atoms with Gasteiger partial charge in [0.05, 0.1) is 22.7 Å². The van der Waals surface area contributed by atoms with E-state index in [0.29, 0.717) is 31.0 Å². The van der Waals surface area contributed by atoms with Gasteiger partial charge in [-0.15, -0.1) is 0 Å². The third-order valence-electron chi connectivity index (χ3n) is 6.39. The van der Waals surface area contributed by atoms with E-state index in [0.717, 1.165) is 10.5 Å². The SMILES string of the molecule is Cc1ccccc1Oc1nc(NCCN(C)C)ncc1N(C)C(=O)C(C)(C)c1cc(C(F)(F)F)cc(C(F)(F)F)c1. The minimum atomic E-state index is -5.06. The second-order valence-electron chi connectivity index (χ2n) is 10.3. The second kappa shape index (κ2) is 11.9. The van der Waals surface area contributed by atoms with Crippen LogP contribution >= 0.6 is 0 Å². The van der Waals surface area contributed by atoms with Crippen molar-refractivity contribution in [1.29, 1.82) is 0 Å². The van der Waals surface area contributed by atoms with Crippen LogP contribution in [0, 0.1) is 6.92 Å². The van der Waals surface area contributed by atoms with E-state index < -0.39 is 40.4 Å². The van der Waals surface area contributed by atoms with Crippen molar-refractivity contribution in [2.24, 2.45) is 0 Å². The van der Waals surface area contributed by atoms with E-state index in [1.807, 2.05) is 19.0 Å². The van der Waals surface area contributed by atoms with Gasteiger partial charge in [-0.05, 0) is 70.3 Å². The molecule has 1 N–H and O–H groups in total. The quantitative estimate of drug-likeness (QED) is 0.289. The number of benzene rings is 2. The lowest BCUT2D eigenvalue weighted by atomic mass is 9.81. The number of likely N-dealkylation sites (N-methyl/N-ethyl adjacent to an activating group) is 2. The number of carbonyl (C=O) groups excluding carboxylic acids is 1. The molecule has 0 aliphatic heterocycles. The average molecular weight is 584 g/mol. The first kappa shape index (κ1) is 31.7. The number of nitrogens with one attached hydrogen (secondary N) is 1. The summed E-state index contributed by atoms with van der Waals surface area (Å²) in [4.78, 5) is 25.4. The Balaban J connectivity index is 2.05. The number of alkyl halides is 6. The van der Waals surface area contributed by atoms with Gasteiger partial charge in [0.1, 0.15) is 11.4 Å². The van der Waals surface area contributed by atoms with Crippen LogP contribution in [0.2, 0.25) is 0 Å². The number of hydrogen-bond acceptors (Lipinski definition) is 6. The molecule has 2 aromatic carbocycles. The van der Waals surface area contributed by atoms with Crippen molar-refractivity contribution < 1.29 is 35.9 Å². The van der Waals surface area contributed by atoms with Crippen LogP contribution in [0.3, 0.4) is 0 Å². The molecule has 41 heavy (non-hydrogen) atoms. The number of amides is 1. The highest BCUT2D eigenvalue weighted by molar-refractivity contribution is 6.01. The lowest BCUT2D eigenvalue weighted by molar-refractivity contribution is -0.143. The van der Waals surface area contributed by atoms with E-state index in [-0.39, 0.29) is 23.6 Å². The standard InChI is InChI=1S/C28H31F6N5O2/c1-17-9-7-8-10-22(17)41-23-21(16-36-25(37-23)35-11-12-38(4)5)39(6)24(40)26(2,3)18-13-19(27(29,30)31)15-20(14-18)28(32,33)34/h7-10,13-16H,11-12H2,1-6H3,(H,35,36,37). The number of nitrogens with zero attached hydrogens (tertiary/aromatic N) is 4. The summed E-state index contributed by atoms with van der Waals surface area (Å²) in [5.74, 6) is -0.212. The Labute approximate surface area is 234 Å². The monoisotopic (exact) mass is 583 g/mol. The summed E-state index contributed by atoms with van der Waals surface area (Å²) in [7, 11) is 5.11. The van der Waals surface area contributed by atoms with Gasteiger partial charge < -0.3 is 19.9 Å². The van der Waals surface area contributed by atoms with Gasteiger partial charge in [0, 0.05) is 20.1 Å². The number of carbonyl (C=O) groups is 1. The van der Waals surface area contributed by atoms with Gasteiger partial charge in [-0.25, -0.2) is 4.98 Å². The van der Waals surface area contributed by atoms with Crippen LogP contribution in [0.5, 0.6) is 11.6 Å². The number of anilines is 2. The average Bonchev–Trinajstić information content (AvgIpc) is 2.88. The van der Waals surface area contributed by atoms with Gasteiger partial charge in [0.25, 0.3) is 0 Å². The zero-order valence-corrected chi connectivity index (χ0v) is 23.4. The second-order valence-corrected chi connectivity index (χ2v) is 10.3. The van der Waals surface area contributed by atoms with Crippen molar-refractivity contribution in [3.63, 3.8) is 0 Å². The van der Waals surface area contributed by atoms with Gasteiger partial charge >= 0.3 is 12.4 Å². The van der Waals surface area contributed by atoms with E-state index in [9.17, 15) is 31.1 Å². The van der Waals surface area contributed by atoms with Gasteiger partial charge in [0.2, 0.25) is 17.7 Å². The number of aromatic nitrogens is 2. The van der Waals surface area contributed by atoms with E-state index in [1.165, 1.54) is 27.1 Å². The normalized spacial score (nSPS) is 12.4. The third-order valence-corrected chi connectivity index (χ3v) is 6.39. The predicted molar refractivity (Wildman–Crippen MR) is 143 cm³/mol. The molecule has 0 fully saturated rings. The molecule has 0 saturated carbocycles. The van der Waals surface area contributed by atoms with Crippen LogP contribution < -0.4 is 15.0 Å². The zero-order chi connectivity index (χ0) is 30.8. The highest BCUT2D eigenvalue weighted by atomic mass is 19.4. The fourth-order valence-corrected chi connectivity index (χ4v) is 3.88. The molecule has 1 aromatic heterocycles. The van der Waals surface area contributed by atoms with Crippen LogP contribution in [-0.4, -0.2) is 55.0 Å². The number of ether oxygens (including phenoxy) is 1. The van der Waals surface area contributed by atoms with Gasteiger partial charge in [-0.1, -0.05) is 18.2 Å². The van der Waals surface area contributed by atoms with Crippen LogP contribution in [-0.2, 0) is 22.6 Å². The molecule has 0 aliphatic carbocycles. The Kier molecular flexibility index (Phi) is 9.21. The van der Waals surface area contributed by atoms with Crippen molar-refractivity contribution in [2.75, 3.05) is 44.4 Å². The summed E-state index contributed by atoms with van der Waals surface area (Å²) in [6.45, 7) is 5.47. The number of rotatable bonds is 9. The molecule has 0 radical (unpaired) electrons. The minimum absolute atomic E-state index is 0.0256. The molecular formula is C28H31F6N5O2. The highest BCUT2D eigenvalue weighted by Crippen LogP contribution is 2.40. The van der Waals surface area contributed by atoms with Crippen molar-refractivity contribution >= 4 is 17.5 Å². The zero-order valence-electron chi connectivity index (χ0n) is 23.4. The largest absolute Gasteiger partial charge is 0.437 e. The van der Waals surface area contributed by atoms with Crippen LogP contribution in [0.4, 0.5) is 38.0 Å². The fraction of sp³-hybridized carbons (Fsp3) is 0.393. The molecule has 0 spiro atoms. The van der Waals surface area contributed by atoms with Crippen molar-refractivity contribution in [3.8, 4) is 11.6 Å². The topological polar surface area (TPSA) is 70.6 Å². The Bertz CT molecular complexity index is 1360. The lowest BCUT2D eigenvalue weighted by Crippen LogP contribution is -2.42. The van der Waals surface area contributed by atoms with Crippen LogP contribution in [0.15, 0.2) is 48.7 Å². The molecule has 3 aromatic rings. The molecule has 0 aliphatic rings. The summed E-state index contributed by atoms with van der Waals surface area (Å²) in [6, 6.07) is 8.17.